The lowest BCUT2D eigenvalue weighted by atomic mass is 9.85. The number of esters is 1. The second kappa shape index (κ2) is 28.7. The van der Waals surface area contributed by atoms with Gasteiger partial charge in [0.05, 0.1) is 32.8 Å². The van der Waals surface area contributed by atoms with Crippen LogP contribution in [0.15, 0.2) is 97.1 Å². The van der Waals surface area contributed by atoms with E-state index in [0.717, 1.165) is 35.3 Å². The monoisotopic (exact) mass is 919 g/mol. The van der Waals surface area contributed by atoms with Crippen LogP contribution >= 0.6 is 0 Å². The Labute approximate surface area is 393 Å². The highest BCUT2D eigenvalue weighted by molar-refractivity contribution is 6.77. The fourth-order valence-electron chi connectivity index (χ4n) is 9.19. The molecule has 10 nitrogen and oxygen atoms in total. The summed E-state index contributed by atoms with van der Waals surface area (Å²) in [4.78, 5) is 14.3. The number of carbonyl (C=O) groups is 1. The second-order valence-corrected chi connectivity index (χ2v) is 24.2. The normalized spacial score (nSPS) is 20.0. The van der Waals surface area contributed by atoms with Crippen molar-refractivity contribution in [3.8, 4) is 5.75 Å². The molecule has 65 heavy (non-hydrogen) atoms. The quantitative estimate of drug-likeness (QED) is 0.0211. The van der Waals surface area contributed by atoms with Crippen LogP contribution < -0.4 is 4.74 Å². The van der Waals surface area contributed by atoms with Crippen LogP contribution in [0.1, 0.15) is 117 Å². The molecule has 0 aliphatic carbocycles. The van der Waals surface area contributed by atoms with Gasteiger partial charge in [0.2, 0.25) is 0 Å². The molecule has 1 aliphatic heterocycles. The molecule has 0 bridgehead atoms. The SMILES string of the molecule is CC[C@H](C=C[C@@H]1O[C@H](c2ccccc2)O[C@H](CO[Si](C(C)C)(C(C)C)C(C)C)[C@H]1OCOC)OC(=O)[C@H](CCCCOCc1ccc(OC)cc1)C[C@H](C)[C@@H](C)COCc1ccccc1. The molecule has 0 N–H and O–H groups in total. The van der Waals surface area contributed by atoms with Gasteiger partial charge in [0.1, 0.15) is 37.0 Å². The Balaban J connectivity index is 1.49. The van der Waals surface area contributed by atoms with Crippen LogP contribution in [0.2, 0.25) is 16.6 Å². The first-order chi connectivity index (χ1) is 31.3. The molecule has 0 radical (unpaired) electrons. The van der Waals surface area contributed by atoms with E-state index in [1.54, 1.807) is 14.2 Å². The molecular weight excluding hydrogens is 837 g/mol. The summed E-state index contributed by atoms with van der Waals surface area (Å²) >= 11 is 0. The van der Waals surface area contributed by atoms with Gasteiger partial charge in [-0.3, -0.25) is 4.79 Å². The van der Waals surface area contributed by atoms with Gasteiger partial charge in [0.25, 0.3) is 0 Å². The highest BCUT2D eigenvalue weighted by atomic mass is 28.4. The van der Waals surface area contributed by atoms with Gasteiger partial charge in [-0.05, 0) is 83.5 Å². The fourth-order valence-corrected chi connectivity index (χ4v) is 14.6. The van der Waals surface area contributed by atoms with Gasteiger partial charge in [-0.25, -0.2) is 0 Å². The van der Waals surface area contributed by atoms with E-state index in [0.29, 0.717) is 68.9 Å². The van der Waals surface area contributed by atoms with Crippen LogP contribution in [0.5, 0.6) is 5.75 Å². The van der Waals surface area contributed by atoms with E-state index in [1.807, 2.05) is 91.9 Å². The Hall–Kier alpha value is -3.39. The molecule has 8 atom stereocenters. The van der Waals surface area contributed by atoms with E-state index in [4.69, 9.17) is 42.3 Å². The van der Waals surface area contributed by atoms with Crippen LogP contribution in [0, 0.1) is 17.8 Å². The highest BCUT2D eigenvalue weighted by Gasteiger charge is 2.48. The number of methoxy groups -OCH3 is 2. The molecule has 0 saturated carbocycles. The molecule has 1 heterocycles. The second-order valence-electron chi connectivity index (χ2n) is 18.7. The smallest absolute Gasteiger partial charge is 0.309 e. The van der Waals surface area contributed by atoms with E-state index in [2.05, 4.69) is 67.5 Å². The van der Waals surface area contributed by atoms with E-state index in [9.17, 15) is 4.79 Å². The molecule has 1 fully saturated rings. The largest absolute Gasteiger partial charge is 0.497 e. The fraction of sp³-hybridized carbons (Fsp3) is 0.611. The summed E-state index contributed by atoms with van der Waals surface area (Å²) in [5.74, 6) is 0.847. The summed E-state index contributed by atoms with van der Waals surface area (Å²) in [6.45, 7) is 22.9. The van der Waals surface area contributed by atoms with Crippen molar-refractivity contribution < 1.29 is 47.1 Å². The first kappa shape index (κ1) is 54.2. The number of ether oxygens (including phenoxy) is 8. The lowest BCUT2D eigenvalue weighted by Gasteiger charge is -2.45. The molecule has 3 aromatic rings. The van der Waals surface area contributed by atoms with Crippen molar-refractivity contribution in [3.63, 3.8) is 0 Å². The number of hydrogen-bond donors (Lipinski definition) is 0. The van der Waals surface area contributed by atoms with Crippen molar-refractivity contribution >= 4 is 14.3 Å². The Morgan fingerprint density at radius 3 is 2.00 bits per heavy atom. The Kier molecular flexibility index (Phi) is 23.9. The third kappa shape index (κ3) is 17.0. The van der Waals surface area contributed by atoms with Crippen LogP contribution in [0.3, 0.4) is 0 Å². The van der Waals surface area contributed by atoms with Crippen molar-refractivity contribution in [2.24, 2.45) is 17.8 Å². The minimum absolute atomic E-state index is 0.0592. The Morgan fingerprint density at radius 2 is 1.38 bits per heavy atom. The van der Waals surface area contributed by atoms with Crippen molar-refractivity contribution in [1.82, 2.24) is 0 Å². The van der Waals surface area contributed by atoms with Gasteiger partial charge in [0, 0.05) is 25.9 Å². The molecule has 11 heteroatoms. The van der Waals surface area contributed by atoms with Gasteiger partial charge in [-0.1, -0.05) is 148 Å². The Bertz CT molecular complexity index is 1730. The summed E-state index contributed by atoms with van der Waals surface area (Å²) < 4.78 is 56.2. The Morgan fingerprint density at radius 1 is 0.754 bits per heavy atom. The van der Waals surface area contributed by atoms with Gasteiger partial charge >= 0.3 is 5.97 Å². The summed E-state index contributed by atoms with van der Waals surface area (Å²) in [6.07, 6.45) is 4.98. The van der Waals surface area contributed by atoms with Gasteiger partial charge in [0.15, 0.2) is 14.6 Å². The van der Waals surface area contributed by atoms with Crippen LogP contribution in [-0.4, -0.2) is 79.5 Å². The van der Waals surface area contributed by atoms with Crippen LogP contribution in [0.25, 0.3) is 0 Å². The summed E-state index contributed by atoms with van der Waals surface area (Å²) in [5, 5.41) is 0. The maximum atomic E-state index is 14.3. The van der Waals surface area contributed by atoms with E-state index in [-0.39, 0.29) is 30.5 Å². The molecule has 0 amide bonds. The summed E-state index contributed by atoms with van der Waals surface area (Å²) in [6, 6.07) is 28.1. The molecule has 1 aliphatic rings. The van der Waals surface area contributed by atoms with Crippen molar-refractivity contribution in [1.29, 1.82) is 0 Å². The third-order valence-corrected chi connectivity index (χ3v) is 19.2. The van der Waals surface area contributed by atoms with Gasteiger partial charge in [-0.15, -0.1) is 0 Å². The molecule has 3 aromatic carbocycles. The average molecular weight is 919 g/mol. The number of hydrogen-bond acceptors (Lipinski definition) is 10. The molecule has 0 unspecified atom stereocenters. The lowest BCUT2D eigenvalue weighted by molar-refractivity contribution is -0.299. The van der Waals surface area contributed by atoms with Crippen molar-refractivity contribution in [3.05, 3.63) is 114 Å². The van der Waals surface area contributed by atoms with Crippen LogP contribution in [0.4, 0.5) is 0 Å². The van der Waals surface area contributed by atoms with Crippen molar-refractivity contribution in [2.75, 3.05) is 40.8 Å². The zero-order chi connectivity index (χ0) is 47.2. The van der Waals surface area contributed by atoms with Gasteiger partial charge < -0.3 is 42.3 Å². The number of benzene rings is 3. The molecule has 0 aromatic heterocycles. The minimum atomic E-state index is -2.24. The first-order valence-electron chi connectivity index (χ1n) is 24.1. The molecule has 0 spiro atoms. The number of rotatable bonds is 30. The van der Waals surface area contributed by atoms with Crippen molar-refractivity contribution in [2.45, 2.75) is 155 Å². The average Bonchev–Trinajstić information content (AvgIpc) is 3.30. The molecule has 1 saturated heterocycles. The third-order valence-electron chi connectivity index (χ3n) is 13.1. The maximum Gasteiger partial charge on any atom is 0.309 e. The maximum absolute atomic E-state index is 14.3. The summed E-state index contributed by atoms with van der Waals surface area (Å²) in [5.41, 5.74) is 4.36. The zero-order valence-electron chi connectivity index (χ0n) is 41.4. The number of carbonyl (C=O) groups excluding carboxylic acids is 1. The molecule has 4 rings (SSSR count). The first-order valence-corrected chi connectivity index (χ1v) is 26.3. The molecule has 362 valence electrons. The van der Waals surface area contributed by atoms with Crippen LogP contribution in [-0.2, 0) is 55.6 Å². The zero-order valence-corrected chi connectivity index (χ0v) is 42.4. The highest BCUT2D eigenvalue weighted by Crippen LogP contribution is 2.43. The van der Waals surface area contributed by atoms with E-state index >= 15 is 0 Å². The minimum Gasteiger partial charge on any atom is -0.497 e. The molecular formula is C54H82O10Si. The summed E-state index contributed by atoms with van der Waals surface area (Å²) in [7, 11) is 1.03. The predicted octanol–water partition coefficient (Wildman–Crippen LogP) is 12.4. The predicted molar refractivity (Wildman–Crippen MR) is 261 cm³/mol. The number of unbranched alkanes of at least 4 members (excludes halogenated alkanes) is 1. The standard InChI is InChI=1S/C54H82O10Si/c1-12-48(30-31-50-52(60-38-56-10)51(64-54(63-50)46-23-17-14-18-24-46)37-61-65(39(2)3,40(4)5)41(6)7)62-53(55)47(25-19-20-32-58-35-45-26-28-49(57-11)29-27-45)33-42(8)43(9)34-59-36-44-21-15-13-16-22-44/h13-18,21-24,26-31,39-43,47-48,50-52,54H,12,19-20,25,32-38H2,1-11H3/t42-,43-,47+,48+,50-,51+,52-,54-/m0/s1. The lowest BCUT2D eigenvalue weighted by Crippen LogP contribution is -2.54. The topological polar surface area (TPSA) is 100 Å². The van der Waals surface area contributed by atoms with E-state index < -0.39 is 39.0 Å². The van der Waals surface area contributed by atoms with E-state index in [1.165, 1.54) is 0 Å². The van der Waals surface area contributed by atoms with Gasteiger partial charge in [-0.2, -0.15) is 0 Å².